The first-order chi connectivity index (χ1) is 12.8. The maximum atomic E-state index is 12.8. The number of methoxy groups -OCH3 is 1. The summed E-state index contributed by atoms with van der Waals surface area (Å²) >= 11 is 0. The minimum Gasteiger partial charge on any atom is -0.385 e. The van der Waals surface area contributed by atoms with E-state index in [9.17, 15) is 22.8 Å². The Kier molecular flexibility index (Phi) is 7.65. The molecule has 2 N–H and O–H groups in total. The number of amides is 2. The monoisotopic (exact) mass is 386 g/mol. The van der Waals surface area contributed by atoms with Gasteiger partial charge in [-0.3, -0.25) is 9.59 Å². The summed E-state index contributed by atoms with van der Waals surface area (Å²) < 4.78 is 43.2. The van der Waals surface area contributed by atoms with Crippen LogP contribution in [0.2, 0.25) is 0 Å². The van der Waals surface area contributed by atoms with E-state index in [0.717, 1.165) is 18.6 Å². The van der Waals surface area contributed by atoms with Crippen LogP contribution in [0.5, 0.6) is 0 Å². The van der Waals surface area contributed by atoms with E-state index in [2.05, 4.69) is 10.6 Å². The highest BCUT2D eigenvalue weighted by molar-refractivity contribution is 5.92. The van der Waals surface area contributed by atoms with Crippen LogP contribution in [0, 0.1) is 11.8 Å². The number of hydrogen-bond donors (Lipinski definition) is 2. The van der Waals surface area contributed by atoms with Crippen molar-refractivity contribution in [3.8, 4) is 0 Å². The van der Waals surface area contributed by atoms with Gasteiger partial charge in [0, 0.05) is 37.8 Å². The van der Waals surface area contributed by atoms with Gasteiger partial charge < -0.3 is 15.4 Å². The van der Waals surface area contributed by atoms with E-state index in [1.165, 1.54) is 12.1 Å². The number of nitrogens with one attached hydrogen (secondary N) is 2. The highest BCUT2D eigenvalue weighted by Crippen LogP contribution is 2.32. The van der Waals surface area contributed by atoms with E-state index < -0.39 is 11.7 Å². The van der Waals surface area contributed by atoms with Crippen molar-refractivity contribution in [3.05, 3.63) is 29.8 Å². The molecular weight excluding hydrogens is 361 g/mol. The van der Waals surface area contributed by atoms with Crippen LogP contribution in [0.4, 0.5) is 18.9 Å². The predicted octanol–water partition coefficient (Wildman–Crippen LogP) is 3.60. The van der Waals surface area contributed by atoms with Crippen molar-refractivity contribution < 1.29 is 27.5 Å². The van der Waals surface area contributed by atoms with Gasteiger partial charge in [0.25, 0.3) is 0 Å². The van der Waals surface area contributed by atoms with Gasteiger partial charge in [0.2, 0.25) is 11.8 Å². The molecule has 1 aliphatic rings. The number of hydrogen-bond acceptors (Lipinski definition) is 3. The molecule has 5 nitrogen and oxygen atoms in total. The van der Waals surface area contributed by atoms with Crippen LogP contribution in [0.15, 0.2) is 24.3 Å². The van der Waals surface area contributed by atoms with E-state index in [1.807, 2.05) is 0 Å². The molecule has 1 aromatic carbocycles. The summed E-state index contributed by atoms with van der Waals surface area (Å²) in [4.78, 5) is 24.4. The van der Waals surface area contributed by atoms with Crippen molar-refractivity contribution in [2.45, 2.75) is 38.3 Å². The highest BCUT2D eigenvalue weighted by Gasteiger charge is 2.32. The van der Waals surface area contributed by atoms with Crippen molar-refractivity contribution in [2.75, 3.05) is 25.6 Å². The fourth-order valence-electron chi connectivity index (χ4n) is 3.21. The molecule has 0 unspecified atom stereocenters. The molecule has 0 aromatic heterocycles. The Morgan fingerprint density at radius 1 is 1.11 bits per heavy atom. The average Bonchev–Trinajstić information content (AvgIpc) is 2.64. The number of alkyl halides is 3. The zero-order valence-corrected chi connectivity index (χ0v) is 15.3. The van der Waals surface area contributed by atoms with Crippen LogP contribution in [0.1, 0.15) is 37.7 Å². The number of rotatable bonds is 7. The molecule has 0 radical (unpaired) electrons. The van der Waals surface area contributed by atoms with Gasteiger partial charge in [-0.05, 0) is 50.3 Å². The Hall–Kier alpha value is -2.09. The van der Waals surface area contributed by atoms with Gasteiger partial charge in [-0.2, -0.15) is 13.2 Å². The summed E-state index contributed by atoms with van der Waals surface area (Å²) in [6.45, 7) is 1.14. The molecule has 1 fully saturated rings. The maximum absolute atomic E-state index is 12.8. The largest absolute Gasteiger partial charge is 0.416 e. The van der Waals surface area contributed by atoms with Crippen LogP contribution in [0.3, 0.4) is 0 Å². The van der Waals surface area contributed by atoms with Crippen LogP contribution in [-0.2, 0) is 20.5 Å². The maximum Gasteiger partial charge on any atom is 0.416 e. The number of ether oxygens (including phenoxy) is 1. The molecule has 0 heterocycles. The number of halogens is 3. The summed E-state index contributed by atoms with van der Waals surface area (Å²) in [5, 5.41) is 5.43. The summed E-state index contributed by atoms with van der Waals surface area (Å²) in [7, 11) is 1.60. The summed E-state index contributed by atoms with van der Waals surface area (Å²) in [6.07, 6.45) is -1.43. The quantitative estimate of drug-likeness (QED) is 0.704. The van der Waals surface area contributed by atoms with Gasteiger partial charge in [0.05, 0.1) is 5.56 Å². The first-order valence-corrected chi connectivity index (χ1v) is 9.06. The fourth-order valence-corrected chi connectivity index (χ4v) is 3.21. The van der Waals surface area contributed by atoms with Gasteiger partial charge in [-0.1, -0.05) is 6.07 Å². The third-order valence-corrected chi connectivity index (χ3v) is 4.75. The molecule has 27 heavy (non-hydrogen) atoms. The molecule has 1 aliphatic carbocycles. The number of benzene rings is 1. The third-order valence-electron chi connectivity index (χ3n) is 4.75. The molecule has 0 spiro atoms. The summed E-state index contributed by atoms with van der Waals surface area (Å²) in [5.41, 5.74) is -0.665. The second-order valence-corrected chi connectivity index (χ2v) is 6.75. The Bertz CT molecular complexity index is 641. The molecular formula is C19H25F3N2O3. The molecule has 150 valence electrons. The fraction of sp³-hybridized carbons (Fsp3) is 0.579. The van der Waals surface area contributed by atoms with Crippen LogP contribution in [-0.4, -0.2) is 32.1 Å². The van der Waals surface area contributed by atoms with Crippen molar-refractivity contribution in [3.63, 3.8) is 0 Å². The predicted molar refractivity (Wildman–Crippen MR) is 95.0 cm³/mol. The molecule has 2 amide bonds. The van der Waals surface area contributed by atoms with Crippen molar-refractivity contribution in [1.29, 1.82) is 0 Å². The SMILES string of the molecule is COCCCNC(=O)C1CCC(C(=O)Nc2cccc(C(F)(F)F)c2)CC1. The van der Waals surface area contributed by atoms with E-state index in [4.69, 9.17) is 4.74 Å². The van der Waals surface area contributed by atoms with Crippen LogP contribution < -0.4 is 10.6 Å². The second kappa shape index (κ2) is 9.73. The molecule has 1 saturated carbocycles. The number of anilines is 1. The molecule has 8 heteroatoms. The smallest absolute Gasteiger partial charge is 0.385 e. The van der Waals surface area contributed by atoms with Gasteiger partial charge in [-0.15, -0.1) is 0 Å². The van der Waals surface area contributed by atoms with Gasteiger partial charge in [0.15, 0.2) is 0 Å². The van der Waals surface area contributed by atoms with Crippen molar-refractivity contribution >= 4 is 17.5 Å². The minimum absolute atomic E-state index is 0.0113. The Labute approximate surface area is 156 Å². The average molecular weight is 386 g/mol. The zero-order chi connectivity index (χ0) is 19.9. The molecule has 0 aliphatic heterocycles. The van der Waals surface area contributed by atoms with Crippen LogP contribution >= 0.6 is 0 Å². The summed E-state index contributed by atoms with van der Waals surface area (Å²) in [6, 6.07) is 4.60. The van der Waals surface area contributed by atoms with E-state index >= 15 is 0 Å². The molecule has 0 saturated heterocycles. The third kappa shape index (κ3) is 6.53. The number of carbonyl (C=O) groups is 2. The van der Waals surface area contributed by atoms with E-state index in [-0.39, 0.29) is 29.3 Å². The lowest BCUT2D eigenvalue weighted by Crippen LogP contribution is -2.36. The molecule has 0 bridgehead atoms. The lowest BCUT2D eigenvalue weighted by atomic mass is 9.81. The minimum atomic E-state index is -4.45. The first-order valence-electron chi connectivity index (χ1n) is 9.06. The first kappa shape index (κ1) is 21.2. The lowest BCUT2D eigenvalue weighted by molar-refractivity contribution is -0.137. The molecule has 0 atom stereocenters. The lowest BCUT2D eigenvalue weighted by Gasteiger charge is -2.27. The van der Waals surface area contributed by atoms with Crippen molar-refractivity contribution in [1.82, 2.24) is 5.32 Å². The number of carbonyl (C=O) groups excluding carboxylic acids is 2. The van der Waals surface area contributed by atoms with Gasteiger partial charge >= 0.3 is 6.18 Å². The standard InChI is InChI=1S/C19H25F3N2O3/c1-27-11-3-10-23-17(25)13-6-8-14(9-7-13)18(26)24-16-5-2-4-15(12-16)19(20,21)22/h2,4-5,12-14H,3,6-11H2,1H3,(H,23,25)(H,24,26). The highest BCUT2D eigenvalue weighted by atomic mass is 19.4. The Morgan fingerprint density at radius 2 is 1.74 bits per heavy atom. The van der Waals surface area contributed by atoms with Gasteiger partial charge in [0.1, 0.15) is 0 Å². The molecule has 2 rings (SSSR count). The Balaban J connectivity index is 1.80. The van der Waals surface area contributed by atoms with Gasteiger partial charge in [-0.25, -0.2) is 0 Å². The van der Waals surface area contributed by atoms with E-state index in [0.29, 0.717) is 38.8 Å². The zero-order valence-electron chi connectivity index (χ0n) is 15.3. The van der Waals surface area contributed by atoms with E-state index in [1.54, 1.807) is 7.11 Å². The second-order valence-electron chi connectivity index (χ2n) is 6.75. The van der Waals surface area contributed by atoms with Crippen molar-refractivity contribution in [2.24, 2.45) is 11.8 Å². The normalized spacial score (nSPS) is 20.1. The van der Waals surface area contributed by atoms with Crippen LogP contribution in [0.25, 0.3) is 0 Å². The molecule has 1 aromatic rings. The summed E-state index contributed by atoms with van der Waals surface area (Å²) in [5.74, 6) is -0.724. The topological polar surface area (TPSA) is 67.4 Å². The Morgan fingerprint density at radius 3 is 2.33 bits per heavy atom.